The van der Waals surface area contributed by atoms with Gasteiger partial charge in [0.15, 0.2) is 6.29 Å². The van der Waals surface area contributed by atoms with Crippen molar-refractivity contribution in [2.75, 3.05) is 6.61 Å². The molecule has 20 heavy (non-hydrogen) atoms. The SMILES string of the molecule is CCCCB1O[C@H]2OC[C@@H]3OB(CCCC)O[C@@H]3[C@H]2O1. The van der Waals surface area contributed by atoms with E-state index in [-0.39, 0.29) is 38.8 Å². The summed E-state index contributed by atoms with van der Waals surface area (Å²) < 4.78 is 29.5. The van der Waals surface area contributed by atoms with E-state index < -0.39 is 0 Å². The van der Waals surface area contributed by atoms with Crippen LogP contribution >= 0.6 is 0 Å². The molecule has 3 aliphatic heterocycles. The molecule has 0 N–H and O–H groups in total. The molecule has 3 rings (SSSR count). The number of hydrogen-bond acceptors (Lipinski definition) is 5. The Kier molecular flexibility index (Phi) is 5.04. The number of hydrogen-bond donors (Lipinski definition) is 0. The minimum atomic E-state index is -0.286. The first-order chi connectivity index (χ1) is 9.81. The number of unbranched alkanes of at least 4 members (excludes halogenated alkanes) is 2. The third-order valence-electron chi connectivity index (χ3n) is 4.20. The Morgan fingerprint density at radius 3 is 2.20 bits per heavy atom. The smallest absolute Gasteiger partial charge is 0.403 e. The highest BCUT2D eigenvalue weighted by molar-refractivity contribution is 6.46. The fourth-order valence-electron chi connectivity index (χ4n) is 3.06. The molecular weight excluding hydrogens is 258 g/mol. The van der Waals surface area contributed by atoms with Crippen molar-refractivity contribution in [1.29, 1.82) is 0 Å². The Balaban J connectivity index is 1.55. The Morgan fingerprint density at radius 1 is 0.850 bits per heavy atom. The Morgan fingerprint density at radius 2 is 1.50 bits per heavy atom. The standard InChI is InChI=1S/C13H24B2O5/c1-3-5-7-14-17-10-9-16-13-12(11(10)18-14)19-15(20-13)8-6-4-2/h10-13H,3-9H2,1-2H3/t10-,11-,12+,13+/m0/s1. The zero-order valence-electron chi connectivity index (χ0n) is 12.5. The highest BCUT2D eigenvalue weighted by Gasteiger charge is 2.54. The van der Waals surface area contributed by atoms with Crippen molar-refractivity contribution in [2.24, 2.45) is 0 Å². The van der Waals surface area contributed by atoms with Gasteiger partial charge in [-0.25, -0.2) is 0 Å². The van der Waals surface area contributed by atoms with Crippen molar-refractivity contribution in [3.63, 3.8) is 0 Å². The Labute approximate surface area is 121 Å². The van der Waals surface area contributed by atoms with Crippen molar-refractivity contribution >= 4 is 14.2 Å². The first kappa shape index (κ1) is 14.9. The maximum absolute atomic E-state index is 6.03. The van der Waals surface area contributed by atoms with Gasteiger partial charge in [0.1, 0.15) is 6.10 Å². The summed E-state index contributed by atoms with van der Waals surface area (Å²) in [7, 11) is -0.257. The summed E-state index contributed by atoms with van der Waals surface area (Å²) in [5.41, 5.74) is 0. The van der Waals surface area contributed by atoms with E-state index in [4.69, 9.17) is 23.4 Å². The molecule has 3 saturated heterocycles. The topological polar surface area (TPSA) is 46.2 Å². The van der Waals surface area contributed by atoms with Crippen LogP contribution in [0.5, 0.6) is 0 Å². The molecule has 0 aromatic carbocycles. The van der Waals surface area contributed by atoms with Gasteiger partial charge in [-0.05, 0) is 12.6 Å². The molecule has 3 aliphatic rings. The molecule has 3 fully saturated rings. The van der Waals surface area contributed by atoms with E-state index in [9.17, 15) is 0 Å². The van der Waals surface area contributed by atoms with E-state index in [0.717, 1.165) is 38.3 Å². The van der Waals surface area contributed by atoms with Crippen molar-refractivity contribution in [1.82, 2.24) is 0 Å². The average Bonchev–Trinajstić information content (AvgIpc) is 3.05. The molecule has 0 aliphatic carbocycles. The molecule has 3 heterocycles. The van der Waals surface area contributed by atoms with Crippen LogP contribution < -0.4 is 0 Å². The first-order valence-corrected chi connectivity index (χ1v) is 8.05. The van der Waals surface area contributed by atoms with Crippen LogP contribution in [0.3, 0.4) is 0 Å². The summed E-state index contributed by atoms with van der Waals surface area (Å²) in [4.78, 5) is 0. The van der Waals surface area contributed by atoms with Crippen LogP contribution in [0.25, 0.3) is 0 Å². The van der Waals surface area contributed by atoms with E-state index >= 15 is 0 Å². The largest absolute Gasteiger partial charge is 0.459 e. The van der Waals surface area contributed by atoms with E-state index in [2.05, 4.69) is 13.8 Å². The fraction of sp³-hybridized carbons (Fsp3) is 1.00. The highest BCUT2D eigenvalue weighted by Crippen LogP contribution is 2.35. The Bertz CT molecular complexity index is 289. The van der Waals surface area contributed by atoms with Gasteiger partial charge in [-0.1, -0.05) is 39.5 Å². The molecule has 0 unspecified atom stereocenters. The van der Waals surface area contributed by atoms with Crippen molar-refractivity contribution in [3.8, 4) is 0 Å². The van der Waals surface area contributed by atoms with E-state index in [1.807, 2.05) is 0 Å². The van der Waals surface area contributed by atoms with Crippen LogP contribution in [0, 0.1) is 0 Å². The molecule has 0 saturated carbocycles. The van der Waals surface area contributed by atoms with Crippen molar-refractivity contribution < 1.29 is 23.4 Å². The van der Waals surface area contributed by atoms with Gasteiger partial charge in [0.05, 0.1) is 18.8 Å². The van der Waals surface area contributed by atoms with E-state index in [1.165, 1.54) is 0 Å². The summed E-state index contributed by atoms with van der Waals surface area (Å²) in [5.74, 6) is 0. The van der Waals surface area contributed by atoms with Gasteiger partial charge in [0, 0.05) is 0 Å². The number of ether oxygens (including phenoxy) is 1. The lowest BCUT2D eigenvalue weighted by atomic mass is 9.82. The summed E-state index contributed by atoms with van der Waals surface area (Å²) in [6.07, 6.45) is 5.92. The molecule has 0 aromatic heterocycles. The van der Waals surface area contributed by atoms with Gasteiger partial charge in [-0.3, -0.25) is 0 Å². The average molecular weight is 282 g/mol. The predicted molar refractivity (Wildman–Crippen MR) is 76.4 cm³/mol. The van der Waals surface area contributed by atoms with Crippen LogP contribution in [0.2, 0.25) is 12.6 Å². The molecule has 0 amide bonds. The zero-order chi connectivity index (χ0) is 13.9. The number of fused-ring (bicyclic) bond motifs is 3. The summed E-state index contributed by atoms with van der Waals surface area (Å²) >= 11 is 0. The maximum Gasteiger partial charge on any atom is 0.459 e. The summed E-state index contributed by atoms with van der Waals surface area (Å²) in [5, 5.41) is 0. The first-order valence-electron chi connectivity index (χ1n) is 8.05. The van der Waals surface area contributed by atoms with Gasteiger partial charge in [-0.15, -0.1) is 0 Å². The van der Waals surface area contributed by atoms with Crippen molar-refractivity contribution in [2.45, 2.75) is 76.8 Å². The third kappa shape index (κ3) is 3.07. The third-order valence-corrected chi connectivity index (χ3v) is 4.20. The van der Waals surface area contributed by atoms with Crippen LogP contribution in [0.4, 0.5) is 0 Å². The lowest BCUT2D eigenvalue weighted by Crippen LogP contribution is -2.49. The molecular formula is C13H24B2O5. The van der Waals surface area contributed by atoms with Crippen LogP contribution in [-0.4, -0.2) is 45.4 Å². The predicted octanol–water partition coefficient (Wildman–Crippen LogP) is 2.12. The molecule has 112 valence electrons. The molecule has 0 radical (unpaired) electrons. The molecule has 7 heteroatoms. The second-order valence-corrected chi connectivity index (χ2v) is 5.86. The molecule has 0 spiro atoms. The summed E-state index contributed by atoms with van der Waals surface area (Å²) in [6, 6.07) is 0. The van der Waals surface area contributed by atoms with Gasteiger partial charge in [-0.2, -0.15) is 0 Å². The number of rotatable bonds is 6. The van der Waals surface area contributed by atoms with Gasteiger partial charge in [0.25, 0.3) is 0 Å². The monoisotopic (exact) mass is 282 g/mol. The van der Waals surface area contributed by atoms with Crippen LogP contribution in [-0.2, 0) is 23.4 Å². The quantitative estimate of drug-likeness (QED) is 0.698. The second-order valence-electron chi connectivity index (χ2n) is 5.86. The zero-order valence-corrected chi connectivity index (χ0v) is 12.5. The van der Waals surface area contributed by atoms with Crippen molar-refractivity contribution in [3.05, 3.63) is 0 Å². The van der Waals surface area contributed by atoms with Gasteiger partial charge in [0.2, 0.25) is 0 Å². The molecule has 4 atom stereocenters. The molecule has 0 aromatic rings. The lowest BCUT2D eigenvalue weighted by molar-refractivity contribution is -0.177. The van der Waals surface area contributed by atoms with E-state index in [0.29, 0.717) is 6.61 Å². The van der Waals surface area contributed by atoms with Gasteiger partial charge >= 0.3 is 14.2 Å². The molecule has 5 nitrogen and oxygen atoms in total. The van der Waals surface area contributed by atoms with Crippen LogP contribution in [0.15, 0.2) is 0 Å². The fourth-order valence-corrected chi connectivity index (χ4v) is 3.06. The highest BCUT2D eigenvalue weighted by atomic mass is 16.8. The maximum atomic E-state index is 6.03. The van der Waals surface area contributed by atoms with E-state index in [1.54, 1.807) is 0 Å². The van der Waals surface area contributed by atoms with Crippen LogP contribution in [0.1, 0.15) is 39.5 Å². The minimum absolute atomic E-state index is 0.00775. The Hall–Kier alpha value is -0.0701. The normalized spacial score (nSPS) is 36.3. The van der Waals surface area contributed by atoms with Gasteiger partial charge < -0.3 is 23.4 Å². The second kappa shape index (κ2) is 6.79. The molecule has 0 bridgehead atoms. The summed E-state index contributed by atoms with van der Waals surface area (Å²) in [6.45, 7) is 4.88. The minimum Gasteiger partial charge on any atom is -0.403 e. The lowest BCUT2D eigenvalue weighted by Gasteiger charge is -2.33.